The minimum absolute atomic E-state index is 0. The zero-order valence-electron chi connectivity index (χ0n) is 22.7. The average molecular weight is 638 g/mol. The highest BCUT2D eigenvalue weighted by Crippen LogP contribution is 2.30. The molecule has 0 saturated carbocycles. The fourth-order valence-corrected chi connectivity index (χ4v) is 4.31. The number of aromatic amines is 1. The van der Waals surface area contributed by atoms with Crippen molar-refractivity contribution in [2.75, 3.05) is 14.2 Å². The van der Waals surface area contributed by atoms with Crippen LogP contribution in [0.5, 0.6) is 11.5 Å². The molecule has 0 amide bonds. The summed E-state index contributed by atoms with van der Waals surface area (Å²) in [6.45, 7) is 6.10. The highest BCUT2D eigenvalue weighted by molar-refractivity contribution is 7.13. The first-order valence-electron chi connectivity index (χ1n) is 11.9. The molecular formula is C30H41N8O2S2Si-. The molecule has 10 nitrogen and oxygen atoms in total. The Hall–Kier alpha value is -4.38. The summed E-state index contributed by atoms with van der Waals surface area (Å²) in [5, 5.41) is 23.2. The predicted octanol–water partition coefficient (Wildman–Crippen LogP) is 9.20. The third kappa shape index (κ3) is 13.0. The van der Waals surface area contributed by atoms with Gasteiger partial charge in [0.05, 0.1) is 22.5 Å². The number of methoxy groups -OCH3 is 2. The molecular weight excluding hydrogens is 597 g/mol. The lowest BCUT2D eigenvalue weighted by Gasteiger charge is -2.19. The number of thiazole rings is 2. The molecule has 2 N–H and O–H groups in total. The van der Waals surface area contributed by atoms with Crippen molar-refractivity contribution in [2.24, 2.45) is 5.22 Å². The van der Waals surface area contributed by atoms with Crippen molar-refractivity contribution < 1.29 is 9.47 Å². The summed E-state index contributed by atoms with van der Waals surface area (Å²) >= 11 is 3.08. The number of nitrogens with one attached hydrogen (secondary N) is 2. The van der Waals surface area contributed by atoms with Crippen LogP contribution in [0.25, 0.3) is 27.1 Å². The van der Waals surface area contributed by atoms with E-state index in [2.05, 4.69) is 47.5 Å². The van der Waals surface area contributed by atoms with Crippen LogP contribution in [0, 0.1) is 17.4 Å². The maximum absolute atomic E-state index is 6.35. The molecule has 0 aliphatic heterocycles. The van der Waals surface area contributed by atoms with E-state index in [0.717, 1.165) is 44.0 Å². The van der Waals surface area contributed by atoms with Crippen LogP contribution in [0.3, 0.4) is 0 Å². The molecule has 230 valence electrons. The van der Waals surface area contributed by atoms with Gasteiger partial charge >= 0.3 is 0 Å². The molecule has 13 heteroatoms. The zero-order chi connectivity index (χ0) is 28.8. The van der Waals surface area contributed by atoms with Crippen LogP contribution in [0.4, 0.5) is 0 Å². The highest BCUT2D eigenvalue weighted by atomic mass is 32.1. The maximum atomic E-state index is 6.35. The zero-order valence-corrected chi connectivity index (χ0v) is 25.4. The molecule has 0 aliphatic rings. The summed E-state index contributed by atoms with van der Waals surface area (Å²) < 4.78 is 10.2. The topological polar surface area (TPSA) is 136 Å². The standard InChI is InChI=1S/C12H10N4OS.C12H9NOS.C3H10N3Si.3CH4/c1-17-9-4-2-8(3-5-9)10-11(15-16-14-10)12-13-6-7-18-12;1-14-11-5-2-10(3-6-11)4-7-12-13-8-9-15-12;1-7(2,3)6-5-4;;;/h2-7H,1H3,(H,14,15,16);2-3,5-6,8-9H,1H3;1-3H3,(H-,4,6);3*1H4/q;;-1;;;. The van der Waals surface area contributed by atoms with E-state index in [9.17, 15) is 0 Å². The number of hydrogen-bond acceptors (Lipinski definition) is 10. The number of benzene rings is 2. The van der Waals surface area contributed by atoms with Gasteiger partial charge in [-0.1, -0.05) is 47.8 Å². The van der Waals surface area contributed by atoms with Gasteiger partial charge in [0.15, 0.2) is 5.01 Å². The van der Waals surface area contributed by atoms with Crippen molar-refractivity contribution in [2.45, 2.75) is 41.9 Å². The highest BCUT2D eigenvalue weighted by Gasteiger charge is 2.14. The molecule has 3 aromatic heterocycles. The summed E-state index contributed by atoms with van der Waals surface area (Å²) in [7, 11) is 1.91. The van der Waals surface area contributed by atoms with Gasteiger partial charge in [0.2, 0.25) is 0 Å². The van der Waals surface area contributed by atoms with E-state index in [-0.39, 0.29) is 22.3 Å². The Kier molecular flexibility index (Phi) is 17.7. The molecule has 2 aromatic carbocycles. The smallest absolute Gasteiger partial charge is 0.167 e. The van der Waals surface area contributed by atoms with Gasteiger partial charge in [0, 0.05) is 34.3 Å². The van der Waals surface area contributed by atoms with Crippen LogP contribution in [0.2, 0.25) is 19.6 Å². The third-order valence-corrected chi connectivity index (χ3v) is 6.90. The third-order valence-electron chi connectivity index (χ3n) is 4.73. The molecule has 0 radical (unpaired) electrons. The van der Waals surface area contributed by atoms with Crippen LogP contribution in [0.15, 0.2) is 76.9 Å². The van der Waals surface area contributed by atoms with E-state index in [1.54, 1.807) is 38.0 Å². The number of aromatic nitrogens is 5. The lowest BCUT2D eigenvalue weighted by molar-refractivity contribution is 0.414. The van der Waals surface area contributed by atoms with E-state index in [1.807, 2.05) is 78.9 Å². The minimum Gasteiger partial charge on any atom is -0.497 e. The summed E-state index contributed by atoms with van der Waals surface area (Å²) in [5.41, 5.74) is 9.87. The second-order valence-corrected chi connectivity index (χ2v) is 15.1. The number of ether oxygens (including phenoxy) is 2. The average Bonchev–Trinajstić information content (AvgIpc) is 3.75. The molecule has 3 heterocycles. The second kappa shape index (κ2) is 19.7. The Morgan fingerprint density at radius 1 is 0.791 bits per heavy atom. The van der Waals surface area contributed by atoms with E-state index >= 15 is 0 Å². The van der Waals surface area contributed by atoms with Crippen LogP contribution in [0.1, 0.15) is 32.9 Å². The van der Waals surface area contributed by atoms with Gasteiger partial charge < -0.3 is 20.1 Å². The van der Waals surface area contributed by atoms with Crippen LogP contribution >= 0.6 is 22.7 Å². The first-order valence-corrected chi connectivity index (χ1v) is 17.1. The number of H-pyrrole nitrogens is 1. The van der Waals surface area contributed by atoms with Crippen molar-refractivity contribution in [3.63, 3.8) is 0 Å². The Morgan fingerprint density at radius 2 is 1.35 bits per heavy atom. The first kappa shape index (κ1) is 38.6. The second-order valence-electron chi connectivity index (χ2n) is 8.77. The lowest BCUT2D eigenvalue weighted by Crippen LogP contribution is -2.15. The first-order chi connectivity index (χ1) is 19.3. The molecule has 0 aliphatic carbocycles. The van der Waals surface area contributed by atoms with Gasteiger partial charge in [0.1, 0.15) is 27.9 Å². The van der Waals surface area contributed by atoms with Gasteiger partial charge in [0.25, 0.3) is 0 Å². The molecule has 0 saturated heterocycles. The van der Waals surface area contributed by atoms with Crippen LogP contribution in [-0.4, -0.2) is 47.8 Å². The summed E-state index contributed by atoms with van der Waals surface area (Å²) in [6.07, 6.45) is 3.51. The fraction of sp³-hybridized carbons (Fsp3) is 0.267. The van der Waals surface area contributed by atoms with Gasteiger partial charge in [-0.15, -0.1) is 22.7 Å². The number of hydrogen-bond donors (Lipinski definition) is 2. The van der Waals surface area contributed by atoms with Crippen molar-refractivity contribution in [3.8, 4) is 45.3 Å². The van der Waals surface area contributed by atoms with Gasteiger partial charge in [-0.05, 0) is 54.5 Å². The fourth-order valence-electron chi connectivity index (χ4n) is 2.91. The Balaban J connectivity index is 0.000000646. The van der Waals surface area contributed by atoms with Gasteiger partial charge in [-0.25, -0.2) is 9.97 Å². The van der Waals surface area contributed by atoms with Gasteiger partial charge in [-0.3, -0.25) is 5.22 Å². The van der Waals surface area contributed by atoms with Crippen LogP contribution < -0.4 is 9.47 Å². The van der Waals surface area contributed by atoms with Gasteiger partial charge in [-0.2, -0.15) is 15.4 Å². The molecule has 0 fully saturated rings. The number of rotatable bonds is 6. The molecule has 0 atom stereocenters. The Morgan fingerprint density at radius 3 is 1.81 bits per heavy atom. The van der Waals surface area contributed by atoms with Crippen molar-refractivity contribution >= 4 is 30.9 Å². The van der Waals surface area contributed by atoms with E-state index < -0.39 is 8.24 Å². The van der Waals surface area contributed by atoms with Crippen molar-refractivity contribution in [1.29, 1.82) is 5.53 Å². The summed E-state index contributed by atoms with van der Waals surface area (Å²) in [4.78, 5) is 8.34. The quantitative estimate of drug-likeness (QED) is 0.0824. The number of nitrogens with zero attached hydrogens (tertiary/aromatic N) is 6. The molecule has 43 heavy (non-hydrogen) atoms. The monoisotopic (exact) mass is 637 g/mol. The predicted molar refractivity (Wildman–Crippen MR) is 183 cm³/mol. The molecule has 0 unspecified atom stereocenters. The van der Waals surface area contributed by atoms with Crippen LogP contribution in [-0.2, 0) is 0 Å². The van der Waals surface area contributed by atoms with E-state index in [1.165, 1.54) is 11.3 Å². The van der Waals surface area contributed by atoms with E-state index in [0.29, 0.717) is 0 Å². The molecule has 5 rings (SSSR count). The Bertz CT molecular complexity index is 1490. The SMILES string of the molecule is C.C.C.COc1ccc(-c2n[nH]nc2-c2nccs2)cc1.COc1ccc(C#Cc2nccs2)cc1.C[Si](C)(C)[N-]N=N. The summed E-state index contributed by atoms with van der Waals surface area (Å²) in [6, 6.07) is 15.4. The minimum atomic E-state index is -1.39. The Labute approximate surface area is 264 Å². The summed E-state index contributed by atoms with van der Waals surface area (Å²) in [5.74, 6) is 7.70. The van der Waals surface area contributed by atoms with E-state index in [4.69, 9.17) is 15.0 Å². The van der Waals surface area contributed by atoms with Crippen molar-refractivity contribution in [1.82, 2.24) is 25.4 Å². The molecule has 5 aromatic rings. The van der Waals surface area contributed by atoms with Crippen molar-refractivity contribution in [3.05, 3.63) is 87.3 Å². The molecule has 0 spiro atoms. The maximum Gasteiger partial charge on any atom is 0.167 e. The molecule has 0 bridgehead atoms. The largest absolute Gasteiger partial charge is 0.497 e. The lowest BCUT2D eigenvalue weighted by atomic mass is 10.1. The normalized spacial score (nSPS) is 9.33.